The number of nitrogens with zero attached hydrogens (tertiary/aromatic N) is 1. The second-order valence-corrected chi connectivity index (χ2v) is 10.3. The normalized spacial score (nSPS) is 15.5. The van der Waals surface area contributed by atoms with Crippen LogP contribution in [0.1, 0.15) is 34.3 Å². The van der Waals surface area contributed by atoms with Gasteiger partial charge in [0, 0.05) is 28.1 Å². The lowest BCUT2D eigenvalue weighted by Crippen LogP contribution is -2.60. The number of halogens is 1. The van der Waals surface area contributed by atoms with Gasteiger partial charge >= 0.3 is 12.1 Å². The molecule has 1 aliphatic carbocycles. The molecular weight excluding hydrogens is 559 g/mol. The van der Waals surface area contributed by atoms with Crippen molar-refractivity contribution in [2.45, 2.75) is 12.8 Å². The van der Waals surface area contributed by atoms with E-state index in [1.54, 1.807) is 25.1 Å². The Labute approximate surface area is 216 Å². The minimum atomic E-state index is -0.904. The van der Waals surface area contributed by atoms with Crippen molar-refractivity contribution >= 4 is 46.2 Å². The van der Waals surface area contributed by atoms with E-state index in [4.69, 9.17) is 4.74 Å². The predicted octanol–water partition coefficient (Wildman–Crippen LogP) is 5.20. The van der Waals surface area contributed by atoms with Crippen molar-refractivity contribution in [3.63, 3.8) is 0 Å². The van der Waals surface area contributed by atoms with Gasteiger partial charge in [0.05, 0.1) is 5.69 Å². The number of nitrogens with one attached hydrogen (secondary N) is 1. The number of rotatable bonds is 5. The van der Waals surface area contributed by atoms with Crippen LogP contribution in [0.2, 0.25) is 0 Å². The van der Waals surface area contributed by atoms with E-state index >= 15 is 0 Å². The molecule has 3 aromatic rings. The second-order valence-electron chi connectivity index (χ2n) is 9.17. The summed E-state index contributed by atoms with van der Waals surface area (Å²) in [6.45, 7) is 2.20. The number of carbonyl (C=O) groups is 3. The van der Waals surface area contributed by atoms with E-state index in [1.807, 2.05) is 24.3 Å². The van der Waals surface area contributed by atoms with Crippen LogP contribution in [0.4, 0.5) is 10.5 Å². The van der Waals surface area contributed by atoms with Crippen LogP contribution < -0.4 is 5.32 Å². The van der Waals surface area contributed by atoms with Crippen molar-refractivity contribution in [2.24, 2.45) is 5.41 Å². The highest BCUT2D eigenvalue weighted by atomic mass is 127. The molecule has 2 N–H and O–H groups in total. The number of fused-ring (bicyclic) bond motifs is 3. The van der Waals surface area contributed by atoms with E-state index < -0.39 is 17.5 Å². The van der Waals surface area contributed by atoms with Crippen LogP contribution in [0.15, 0.2) is 66.7 Å². The first-order valence-corrected chi connectivity index (χ1v) is 12.3. The third-order valence-corrected chi connectivity index (χ3v) is 7.57. The summed E-state index contributed by atoms with van der Waals surface area (Å²) >= 11 is 2.06. The number of carboxylic acids is 1. The zero-order valence-electron chi connectivity index (χ0n) is 19.0. The zero-order valence-corrected chi connectivity index (χ0v) is 21.1. The van der Waals surface area contributed by atoms with Crippen LogP contribution in [-0.4, -0.2) is 47.7 Å². The van der Waals surface area contributed by atoms with E-state index in [0.717, 1.165) is 22.3 Å². The monoisotopic (exact) mass is 582 g/mol. The topological polar surface area (TPSA) is 95.9 Å². The SMILES string of the molecule is CC1(C(=O)O)CN(C(=O)c2ccc(NC(=O)OCC3c4ccccc4-c4ccccc43)c(I)c2)C1. The van der Waals surface area contributed by atoms with Crippen molar-refractivity contribution < 1.29 is 24.2 Å². The molecule has 0 aromatic heterocycles. The lowest BCUT2D eigenvalue weighted by Gasteiger charge is -2.44. The first kappa shape index (κ1) is 23.3. The van der Waals surface area contributed by atoms with Crippen molar-refractivity contribution in [1.82, 2.24) is 4.90 Å². The van der Waals surface area contributed by atoms with Gasteiger partial charge in [-0.15, -0.1) is 0 Å². The molecule has 1 heterocycles. The number of hydrogen-bond donors (Lipinski definition) is 2. The summed E-state index contributed by atoms with van der Waals surface area (Å²) in [6, 6.07) is 21.3. The van der Waals surface area contributed by atoms with Crippen LogP contribution in [-0.2, 0) is 9.53 Å². The Kier molecular flexibility index (Phi) is 6.00. The quantitative estimate of drug-likeness (QED) is 0.404. The van der Waals surface area contributed by atoms with Gasteiger partial charge in [-0.25, -0.2) is 4.79 Å². The number of ether oxygens (including phenoxy) is 1. The Morgan fingerprint density at radius 1 is 1.03 bits per heavy atom. The van der Waals surface area contributed by atoms with Gasteiger partial charge in [0.25, 0.3) is 5.91 Å². The molecule has 0 spiro atoms. The lowest BCUT2D eigenvalue weighted by molar-refractivity contribution is -0.155. The highest BCUT2D eigenvalue weighted by Crippen LogP contribution is 2.44. The number of hydrogen-bond acceptors (Lipinski definition) is 4. The predicted molar refractivity (Wildman–Crippen MR) is 139 cm³/mol. The van der Waals surface area contributed by atoms with E-state index in [-0.39, 0.29) is 31.5 Å². The largest absolute Gasteiger partial charge is 0.481 e. The molecule has 0 bridgehead atoms. The maximum absolute atomic E-state index is 12.7. The lowest BCUT2D eigenvalue weighted by atomic mass is 9.81. The molecule has 1 aliphatic heterocycles. The number of carbonyl (C=O) groups excluding carboxylic acids is 2. The minimum Gasteiger partial charge on any atom is -0.481 e. The molecule has 0 radical (unpaired) electrons. The van der Waals surface area contributed by atoms with E-state index in [9.17, 15) is 19.5 Å². The number of carboxylic acid groups (broad SMARTS) is 1. The third-order valence-electron chi connectivity index (χ3n) is 6.68. The van der Waals surface area contributed by atoms with Gasteiger partial charge < -0.3 is 14.7 Å². The third kappa shape index (κ3) is 4.27. The molecule has 7 nitrogen and oxygen atoms in total. The molecule has 2 aliphatic rings. The first-order valence-electron chi connectivity index (χ1n) is 11.2. The molecule has 3 aromatic carbocycles. The fourth-order valence-electron chi connectivity index (χ4n) is 4.75. The maximum Gasteiger partial charge on any atom is 0.411 e. The van der Waals surface area contributed by atoms with Crippen LogP contribution >= 0.6 is 22.6 Å². The fourth-order valence-corrected chi connectivity index (χ4v) is 5.40. The summed E-state index contributed by atoms with van der Waals surface area (Å²) in [6.07, 6.45) is -0.566. The standard InChI is InChI=1S/C27H23IN2O5/c1-27(25(32)33)14-30(15-27)24(31)16-10-11-23(22(28)12-16)29-26(34)35-13-21-19-8-4-2-6-17(19)18-7-3-5-9-20(18)21/h2-12,21H,13-15H2,1H3,(H,29,34)(H,32,33). The second kappa shape index (κ2) is 8.99. The van der Waals surface area contributed by atoms with Gasteiger partial charge in [0.15, 0.2) is 0 Å². The number of likely N-dealkylation sites (tertiary alicyclic amines) is 1. The molecule has 1 saturated heterocycles. The molecule has 35 heavy (non-hydrogen) atoms. The number of benzene rings is 3. The first-order chi connectivity index (χ1) is 16.8. The molecule has 0 atom stereocenters. The molecule has 2 amide bonds. The van der Waals surface area contributed by atoms with Crippen molar-refractivity contribution in [3.8, 4) is 11.1 Å². The average molecular weight is 582 g/mol. The molecule has 1 fully saturated rings. The van der Waals surface area contributed by atoms with Crippen LogP contribution in [0.3, 0.4) is 0 Å². The van der Waals surface area contributed by atoms with E-state index in [2.05, 4.69) is 52.2 Å². The smallest absolute Gasteiger partial charge is 0.411 e. The Bertz CT molecular complexity index is 1300. The molecule has 178 valence electrons. The molecule has 0 saturated carbocycles. The Balaban J connectivity index is 1.22. The average Bonchev–Trinajstić information content (AvgIpc) is 3.15. The molecular formula is C27H23IN2O5. The molecule has 5 rings (SSSR count). The minimum absolute atomic E-state index is 0.0276. The van der Waals surface area contributed by atoms with Crippen LogP contribution in [0, 0.1) is 8.99 Å². The van der Waals surface area contributed by atoms with Gasteiger partial charge in [-0.05, 0) is 70.0 Å². The number of amides is 2. The molecule has 0 unspecified atom stereocenters. The Hall–Kier alpha value is -3.40. The fraction of sp³-hybridized carbons (Fsp3) is 0.222. The van der Waals surface area contributed by atoms with E-state index in [0.29, 0.717) is 14.8 Å². The summed E-state index contributed by atoms with van der Waals surface area (Å²) in [5.74, 6) is -1.16. The van der Waals surface area contributed by atoms with Crippen molar-refractivity contribution in [3.05, 3.63) is 87.0 Å². The van der Waals surface area contributed by atoms with Crippen molar-refractivity contribution in [1.29, 1.82) is 0 Å². The van der Waals surface area contributed by atoms with E-state index in [1.165, 1.54) is 4.90 Å². The summed E-state index contributed by atoms with van der Waals surface area (Å²) in [4.78, 5) is 38.1. The van der Waals surface area contributed by atoms with Gasteiger partial charge in [-0.2, -0.15) is 0 Å². The highest BCUT2D eigenvalue weighted by Gasteiger charge is 2.47. The van der Waals surface area contributed by atoms with Gasteiger partial charge in [0.2, 0.25) is 0 Å². The van der Waals surface area contributed by atoms with Crippen LogP contribution in [0.25, 0.3) is 11.1 Å². The summed E-state index contributed by atoms with van der Waals surface area (Å²) < 4.78 is 6.29. The number of aliphatic carboxylic acids is 1. The maximum atomic E-state index is 12.7. The van der Waals surface area contributed by atoms with Crippen molar-refractivity contribution in [2.75, 3.05) is 25.0 Å². The zero-order chi connectivity index (χ0) is 24.7. The number of anilines is 1. The van der Waals surface area contributed by atoms with Crippen LogP contribution in [0.5, 0.6) is 0 Å². The van der Waals surface area contributed by atoms with Gasteiger partial charge in [-0.1, -0.05) is 48.5 Å². The summed E-state index contributed by atoms with van der Waals surface area (Å²) in [5, 5.41) is 12.0. The van der Waals surface area contributed by atoms with Gasteiger partial charge in [-0.3, -0.25) is 14.9 Å². The Morgan fingerprint density at radius 3 is 2.20 bits per heavy atom. The summed E-state index contributed by atoms with van der Waals surface area (Å²) in [5.41, 5.74) is 4.70. The highest BCUT2D eigenvalue weighted by molar-refractivity contribution is 14.1. The summed E-state index contributed by atoms with van der Waals surface area (Å²) in [7, 11) is 0. The molecule has 8 heteroatoms. The Morgan fingerprint density at radius 2 is 1.63 bits per heavy atom. The van der Waals surface area contributed by atoms with Gasteiger partial charge in [0.1, 0.15) is 12.0 Å².